The zero-order chi connectivity index (χ0) is 14.3. The SMILES string of the molecule is Fc1ccc(-c2ccc3nnc(C(F)(F)F)n3n2)cn1. The monoisotopic (exact) mass is 283 g/mol. The van der Waals surface area contributed by atoms with E-state index in [2.05, 4.69) is 20.3 Å². The average molecular weight is 283 g/mol. The summed E-state index contributed by atoms with van der Waals surface area (Å²) in [5, 5.41) is 10.3. The third-order valence-corrected chi connectivity index (χ3v) is 2.54. The van der Waals surface area contributed by atoms with Crippen LogP contribution in [0.1, 0.15) is 5.82 Å². The van der Waals surface area contributed by atoms with Crippen molar-refractivity contribution in [3.05, 3.63) is 42.2 Å². The molecule has 0 fully saturated rings. The molecule has 0 saturated heterocycles. The maximum absolute atomic E-state index is 12.7. The smallest absolute Gasteiger partial charge is 0.228 e. The molecule has 3 aromatic heterocycles. The molecule has 0 aliphatic heterocycles. The van der Waals surface area contributed by atoms with Crippen LogP contribution in [-0.2, 0) is 6.18 Å². The minimum Gasteiger partial charge on any atom is -0.228 e. The molecule has 0 spiro atoms. The van der Waals surface area contributed by atoms with Gasteiger partial charge in [-0.25, -0.2) is 4.98 Å². The van der Waals surface area contributed by atoms with Crippen LogP contribution in [0.4, 0.5) is 17.6 Å². The second-order valence-corrected chi connectivity index (χ2v) is 3.88. The summed E-state index contributed by atoms with van der Waals surface area (Å²) in [6.07, 6.45) is -3.48. The summed E-state index contributed by atoms with van der Waals surface area (Å²) < 4.78 is 51.5. The Morgan fingerprint density at radius 1 is 1.00 bits per heavy atom. The molecule has 0 atom stereocenters. The summed E-state index contributed by atoms with van der Waals surface area (Å²) in [7, 11) is 0. The van der Waals surface area contributed by atoms with Gasteiger partial charge in [-0.1, -0.05) is 0 Å². The van der Waals surface area contributed by atoms with E-state index in [4.69, 9.17) is 0 Å². The van der Waals surface area contributed by atoms with Crippen LogP contribution in [-0.4, -0.2) is 24.8 Å². The first-order valence-electron chi connectivity index (χ1n) is 5.37. The first-order valence-corrected chi connectivity index (χ1v) is 5.37. The van der Waals surface area contributed by atoms with Crippen LogP contribution < -0.4 is 0 Å². The van der Waals surface area contributed by atoms with Crippen LogP contribution in [0, 0.1) is 5.95 Å². The van der Waals surface area contributed by atoms with E-state index in [-0.39, 0.29) is 11.3 Å². The Balaban J connectivity index is 2.16. The fourth-order valence-corrected chi connectivity index (χ4v) is 1.65. The van der Waals surface area contributed by atoms with Crippen LogP contribution in [0.15, 0.2) is 30.5 Å². The summed E-state index contributed by atoms with van der Waals surface area (Å²) in [6.45, 7) is 0. The zero-order valence-corrected chi connectivity index (χ0v) is 9.63. The molecule has 0 aromatic carbocycles. The van der Waals surface area contributed by atoms with Crippen molar-refractivity contribution in [2.45, 2.75) is 6.18 Å². The molecule has 0 radical (unpaired) electrons. The molecule has 0 aliphatic rings. The van der Waals surface area contributed by atoms with Gasteiger partial charge in [-0.3, -0.25) is 0 Å². The number of alkyl halides is 3. The van der Waals surface area contributed by atoms with Gasteiger partial charge in [0.25, 0.3) is 5.82 Å². The Kier molecular flexibility index (Phi) is 2.63. The normalized spacial score (nSPS) is 12.0. The second kappa shape index (κ2) is 4.22. The highest BCUT2D eigenvalue weighted by molar-refractivity contribution is 5.58. The van der Waals surface area contributed by atoms with Gasteiger partial charge >= 0.3 is 6.18 Å². The largest absolute Gasteiger partial charge is 0.453 e. The predicted octanol–water partition coefficient (Wildman–Crippen LogP) is 2.34. The van der Waals surface area contributed by atoms with E-state index in [9.17, 15) is 17.6 Å². The molecule has 3 rings (SSSR count). The Hall–Kier alpha value is -2.58. The summed E-state index contributed by atoms with van der Waals surface area (Å²) >= 11 is 0. The molecule has 0 saturated carbocycles. The van der Waals surface area contributed by atoms with E-state index in [1.165, 1.54) is 24.4 Å². The number of pyridine rings is 1. The number of hydrogen-bond donors (Lipinski definition) is 0. The van der Waals surface area contributed by atoms with Gasteiger partial charge in [0, 0.05) is 11.8 Å². The number of hydrogen-bond acceptors (Lipinski definition) is 4. The molecular weight excluding hydrogens is 278 g/mol. The van der Waals surface area contributed by atoms with E-state index in [0.717, 1.165) is 6.07 Å². The third kappa shape index (κ3) is 2.06. The highest BCUT2D eigenvalue weighted by atomic mass is 19.4. The quantitative estimate of drug-likeness (QED) is 0.508. The standard InChI is InChI=1S/C11H5F4N5/c12-8-3-1-6(5-16-8)7-2-4-9-17-18-10(11(13,14)15)20(9)19-7/h1-5H. The Morgan fingerprint density at radius 3 is 2.45 bits per heavy atom. The van der Waals surface area contributed by atoms with Gasteiger partial charge < -0.3 is 0 Å². The highest BCUT2D eigenvalue weighted by Crippen LogP contribution is 2.28. The van der Waals surface area contributed by atoms with Crippen LogP contribution >= 0.6 is 0 Å². The zero-order valence-electron chi connectivity index (χ0n) is 9.63. The van der Waals surface area contributed by atoms with Crippen molar-refractivity contribution in [1.82, 2.24) is 24.8 Å². The maximum atomic E-state index is 12.7. The van der Waals surface area contributed by atoms with Crippen molar-refractivity contribution in [2.75, 3.05) is 0 Å². The van der Waals surface area contributed by atoms with Gasteiger partial charge in [-0.2, -0.15) is 27.2 Å². The third-order valence-electron chi connectivity index (χ3n) is 2.54. The molecule has 5 nitrogen and oxygen atoms in total. The molecule has 102 valence electrons. The first kappa shape index (κ1) is 12.5. The maximum Gasteiger partial charge on any atom is 0.453 e. The van der Waals surface area contributed by atoms with Gasteiger partial charge in [-0.05, 0) is 24.3 Å². The van der Waals surface area contributed by atoms with E-state index in [1.807, 2.05) is 0 Å². The summed E-state index contributed by atoms with van der Waals surface area (Å²) in [6, 6.07) is 5.26. The summed E-state index contributed by atoms with van der Waals surface area (Å²) in [4.78, 5) is 3.43. The lowest BCUT2D eigenvalue weighted by molar-refractivity contribution is -0.146. The summed E-state index contributed by atoms with van der Waals surface area (Å²) in [5.74, 6) is -1.90. The van der Waals surface area contributed by atoms with Gasteiger partial charge in [0.2, 0.25) is 5.95 Å². The van der Waals surface area contributed by atoms with Gasteiger partial charge in [0.1, 0.15) is 0 Å². The number of rotatable bonds is 1. The fourth-order valence-electron chi connectivity index (χ4n) is 1.65. The van der Waals surface area contributed by atoms with Crippen LogP contribution in [0.3, 0.4) is 0 Å². The number of fused-ring (bicyclic) bond motifs is 1. The van der Waals surface area contributed by atoms with Crippen molar-refractivity contribution in [2.24, 2.45) is 0 Å². The Labute approximate surface area is 108 Å². The molecule has 0 amide bonds. The fraction of sp³-hybridized carbons (Fsp3) is 0.0909. The Morgan fingerprint density at radius 2 is 1.80 bits per heavy atom. The molecule has 3 aromatic rings. The van der Waals surface area contributed by atoms with E-state index in [1.54, 1.807) is 0 Å². The second-order valence-electron chi connectivity index (χ2n) is 3.88. The summed E-state index contributed by atoms with van der Waals surface area (Å²) in [5.41, 5.74) is 0.557. The lowest BCUT2D eigenvalue weighted by Gasteiger charge is -2.04. The van der Waals surface area contributed by atoms with Crippen LogP contribution in [0.5, 0.6) is 0 Å². The average Bonchev–Trinajstić information content (AvgIpc) is 2.82. The molecule has 0 aliphatic carbocycles. The lowest BCUT2D eigenvalue weighted by atomic mass is 10.2. The number of halogens is 4. The van der Waals surface area contributed by atoms with E-state index in [0.29, 0.717) is 10.1 Å². The van der Waals surface area contributed by atoms with Crippen molar-refractivity contribution in [3.63, 3.8) is 0 Å². The van der Waals surface area contributed by atoms with Crippen molar-refractivity contribution in [1.29, 1.82) is 0 Å². The molecule has 0 unspecified atom stereocenters. The molecule has 9 heteroatoms. The van der Waals surface area contributed by atoms with E-state index >= 15 is 0 Å². The molecule has 3 heterocycles. The Bertz CT molecular complexity index is 763. The molecule has 0 N–H and O–H groups in total. The predicted molar refractivity (Wildman–Crippen MR) is 59.0 cm³/mol. The van der Waals surface area contributed by atoms with Crippen LogP contribution in [0.2, 0.25) is 0 Å². The van der Waals surface area contributed by atoms with E-state index < -0.39 is 17.9 Å². The molecule has 0 bridgehead atoms. The first-order chi connectivity index (χ1) is 9.45. The van der Waals surface area contributed by atoms with Crippen molar-refractivity contribution < 1.29 is 17.6 Å². The number of nitrogens with zero attached hydrogens (tertiary/aromatic N) is 5. The number of aromatic nitrogens is 5. The van der Waals surface area contributed by atoms with Crippen molar-refractivity contribution in [3.8, 4) is 11.3 Å². The van der Waals surface area contributed by atoms with Gasteiger partial charge in [0.15, 0.2) is 5.65 Å². The molecular formula is C11H5F4N5. The van der Waals surface area contributed by atoms with Gasteiger partial charge in [0.05, 0.1) is 5.69 Å². The van der Waals surface area contributed by atoms with Crippen molar-refractivity contribution >= 4 is 5.65 Å². The minimum atomic E-state index is -4.66. The minimum absolute atomic E-state index is 0.0313. The van der Waals surface area contributed by atoms with Crippen LogP contribution in [0.25, 0.3) is 16.9 Å². The van der Waals surface area contributed by atoms with Gasteiger partial charge in [-0.15, -0.1) is 10.2 Å². The highest BCUT2D eigenvalue weighted by Gasteiger charge is 2.37. The molecule has 20 heavy (non-hydrogen) atoms. The lowest BCUT2D eigenvalue weighted by Crippen LogP contribution is -2.12. The topological polar surface area (TPSA) is 56.0 Å².